The highest BCUT2D eigenvalue weighted by molar-refractivity contribution is 9.10. The number of benzene rings is 2. The summed E-state index contributed by atoms with van der Waals surface area (Å²) in [6.45, 7) is 0. The number of anilines is 1. The van der Waals surface area contributed by atoms with Crippen molar-refractivity contribution in [3.05, 3.63) is 52.0 Å². The molecule has 0 saturated carbocycles. The minimum atomic E-state index is -4.41. The second-order valence-corrected chi connectivity index (χ2v) is 5.26. The van der Waals surface area contributed by atoms with Crippen LogP contribution >= 0.6 is 15.9 Å². The van der Waals surface area contributed by atoms with E-state index in [1.807, 2.05) is 0 Å². The number of hydrogen-bond donors (Lipinski definition) is 2. The van der Waals surface area contributed by atoms with Gasteiger partial charge in [0.25, 0.3) is 0 Å². The van der Waals surface area contributed by atoms with Gasteiger partial charge in [0, 0.05) is 5.56 Å². The highest BCUT2D eigenvalue weighted by Crippen LogP contribution is 2.35. The van der Waals surface area contributed by atoms with Crippen LogP contribution < -0.4 is 10.2 Å². The number of phenolic OH excluding ortho intramolecular Hbond substituents is 1. The first-order valence-corrected chi connectivity index (χ1v) is 7.14. The molecule has 0 amide bonds. The summed E-state index contributed by atoms with van der Waals surface area (Å²) in [7, 11) is 1.42. The van der Waals surface area contributed by atoms with Crippen LogP contribution in [0.3, 0.4) is 0 Å². The topological polar surface area (TPSA) is 53.8 Å². The van der Waals surface area contributed by atoms with Crippen molar-refractivity contribution in [3.63, 3.8) is 0 Å². The molecule has 122 valence electrons. The van der Waals surface area contributed by atoms with Crippen molar-refractivity contribution in [2.24, 2.45) is 5.10 Å². The Hall–Kier alpha value is -2.22. The molecule has 0 saturated heterocycles. The van der Waals surface area contributed by atoms with Crippen LogP contribution in [-0.4, -0.2) is 18.4 Å². The number of ether oxygens (including phenoxy) is 1. The van der Waals surface area contributed by atoms with Crippen molar-refractivity contribution in [3.8, 4) is 11.5 Å². The van der Waals surface area contributed by atoms with E-state index in [2.05, 4.69) is 26.5 Å². The highest BCUT2D eigenvalue weighted by atomic mass is 79.9. The fraction of sp³-hybridized carbons (Fsp3) is 0.133. The lowest BCUT2D eigenvalue weighted by Gasteiger charge is -2.08. The molecule has 0 unspecified atom stereocenters. The van der Waals surface area contributed by atoms with Crippen LogP contribution in [-0.2, 0) is 6.18 Å². The third kappa shape index (κ3) is 4.16. The van der Waals surface area contributed by atoms with Crippen molar-refractivity contribution in [1.82, 2.24) is 0 Å². The first-order chi connectivity index (χ1) is 10.8. The van der Waals surface area contributed by atoms with E-state index < -0.39 is 11.7 Å². The van der Waals surface area contributed by atoms with Gasteiger partial charge in [-0.2, -0.15) is 18.3 Å². The maximum absolute atomic E-state index is 12.6. The van der Waals surface area contributed by atoms with Gasteiger partial charge in [0.15, 0.2) is 11.5 Å². The van der Waals surface area contributed by atoms with Crippen LogP contribution in [0.2, 0.25) is 0 Å². The maximum Gasteiger partial charge on any atom is 0.416 e. The molecule has 0 bridgehead atoms. The lowest BCUT2D eigenvalue weighted by molar-refractivity contribution is -0.137. The molecule has 0 radical (unpaired) electrons. The van der Waals surface area contributed by atoms with Crippen molar-refractivity contribution < 1.29 is 23.0 Å². The summed E-state index contributed by atoms with van der Waals surface area (Å²) in [4.78, 5) is 0. The van der Waals surface area contributed by atoms with Gasteiger partial charge in [-0.15, -0.1) is 0 Å². The molecule has 0 atom stereocenters. The molecule has 2 N–H and O–H groups in total. The van der Waals surface area contributed by atoms with Gasteiger partial charge in [0.05, 0.1) is 29.0 Å². The summed E-state index contributed by atoms with van der Waals surface area (Å²) >= 11 is 3.20. The van der Waals surface area contributed by atoms with Gasteiger partial charge >= 0.3 is 6.18 Å². The molecule has 0 aliphatic carbocycles. The van der Waals surface area contributed by atoms with Gasteiger partial charge in [0.2, 0.25) is 0 Å². The molecular weight excluding hydrogens is 377 g/mol. The Morgan fingerprint density at radius 1 is 1.26 bits per heavy atom. The summed E-state index contributed by atoms with van der Waals surface area (Å²) in [6, 6.07) is 7.87. The number of rotatable bonds is 4. The fourth-order valence-corrected chi connectivity index (χ4v) is 2.20. The minimum Gasteiger partial charge on any atom is -0.503 e. The third-order valence-corrected chi connectivity index (χ3v) is 3.75. The monoisotopic (exact) mass is 388 g/mol. The summed E-state index contributed by atoms with van der Waals surface area (Å²) < 4.78 is 43.2. The molecule has 0 aliphatic heterocycles. The molecule has 0 fully saturated rings. The molecule has 23 heavy (non-hydrogen) atoms. The normalized spacial score (nSPS) is 11.7. The number of phenols is 1. The zero-order valence-corrected chi connectivity index (χ0v) is 13.4. The molecule has 8 heteroatoms. The quantitative estimate of drug-likeness (QED) is 0.593. The molecule has 0 aromatic heterocycles. The zero-order chi connectivity index (χ0) is 17.0. The van der Waals surface area contributed by atoms with E-state index in [0.717, 1.165) is 12.1 Å². The zero-order valence-electron chi connectivity index (χ0n) is 11.9. The summed E-state index contributed by atoms with van der Waals surface area (Å²) in [6.07, 6.45) is -3.05. The van der Waals surface area contributed by atoms with Crippen LogP contribution in [0, 0.1) is 0 Å². The molecular formula is C15H12BrF3N2O2. The van der Waals surface area contributed by atoms with E-state index in [9.17, 15) is 18.3 Å². The van der Waals surface area contributed by atoms with Gasteiger partial charge in [-0.3, -0.25) is 5.43 Å². The molecule has 4 nitrogen and oxygen atoms in total. The van der Waals surface area contributed by atoms with E-state index in [0.29, 0.717) is 15.8 Å². The van der Waals surface area contributed by atoms with Gasteiger partial charge in [-0.05, 0) is 46.3 Å². The lowest BCUT2D eigenvalue weighted by atomic mass is 10.2. The number of hydrogen-bond acceptors (Lipinski definition) is 4. The van der Waals surface area contributed by atoms with Crippen molar-refractivity contribution >= 4 is 27.8 Å². The Kier molecular flexibility index (Phi) is 5.15. The lowest BCUT2D eigenvalue weighted by Crippen LogP contribution is -2.05. The Labute approximate surface area is 138 Å². The molecule has 0 heterocycles. The predicted molar refractivity (Wildman–Crippen MR) is 85.0 cm³/mol. The van der Waals surface area contributed by atoms with E-state index in [1.54, 1.807) is 12.1 Å². The van der Waals surface area contributed by atoms with Crippen LogP contribution in [0.4, 0.5) is 18.9 Å². The van der Waals surface area contributed by atoms with Gasteiger partial charge in [-0.25, -0.2) is 0 Å². The number of methoxy groups -OCH3 is 1. The van der Waals surface area contributed by atoms with Crippen LogP contribution in [0.5, 0.6) is 11.5 Å². The Morgan fingerprint density at radius 2 is 2.00 bits per heavy atom. The number of nitrogens with one attached hydrogen (secondary N) is 1. The second kappa shape index (κ2) is 6.91. The summed E-state index contributed by atoms with van der Waals surface area (Å²) in [5, 5.41) is 13.7. The largest absolute Gasteiger partial charge is 0.503 e. The van der Waals surface area contributed by atoms with Crippen LogP contribution in [0.15, 0.2) is 46.0 Å². The second-order valence-electron chi connectivity index (χ2n) is 4.47. The number of halogens is 4. The Bertz CT molecular complexity index is 733. The maximum atomic E-state index is 12.6. The molecule has 2 rings (SSSR count). The average molecular weight is 389 g/mol. The number of hydrazone groups is 1. The average Bonchev–Trinajstić information content (AvgIpc) is 2.51. The van der Waals surface area contributed by atoms with Crippen molar-refractivity contribution in [1.29, 1.82) is 0 Å². The first-order valence-electron chi connectivity index (χ1n) is 6.34. The third-order valence-electron chi connectivity index (χ3n) is 2.92. The number of aromatic hydroxyl groups is 1. The van der Waals surface area contributed by atoms with Gasteiger partial charge < -0.3 is 9.84 Å². The Morgan fingerprint density at radius 3 is 2.65 bits per heavy atom. The number of nitrogens with zero attached hydrogens (tertiary/aromatic N) is 1. The highest BCUT2D eigenvalue weighted by Gasteiger charge is 2.30. The van der Waals surface area contributed by atoms with Crippen LogP contribution in [0.1, 0.15) is 11.1 Å². The van der Waals surface area contributed by atoms with E-state index in [-0.39, 0.29) is 11.4 Å². The van der Waals surface area contributed by atoms with E-state index in [4.69, 9.17) is 4.74 Å². The first kappa shape index (κ1) is 17.1. The van der Waals surface area contributed by atoms with E-state index in [1.165, 1.54) is 25.5 Å². The fourth-order valence-electron chi connectivity index (χ4n) is 1.77. The predicted octanol–water partition coefficient (Wildman–Crippen LogP) is 4.63. The molecule has 0 aliphatic rings. The molecule has 0 spiro atoms. The molecule has 2 aromatic rings. The van der Waals surface area contributed by atoms with Crippen molar-refractivity contribution in [2.75, 3.05) is 12.5 Å². The smallest absolute Gasteiger partial charge is 0.416 e. The van der Waals surface area contributed by atoms with E-state index >= 15 is 0 Å². The van der Waals surface area contributed by atoms with Crippen LogP contribution in [0.25, 0.3) is 0 Å². The van der Waals surface area contributed by atoms with Gasteiger partial charge in [-0.1, -0.05) is 6.07 Å². The van der Waals surface area contributed by atoms with Gasteiger partial charge in [0.1, 0.15) is 0 Å². The molecule has 2 aromatic carbocycles. The summed E-state index contributed by atoms with van der Waals surface area (Å²) in [5.74, 6) is 0.204. The summed E-state index contributed by atoms with van der Waals surface area (Å²) in [5.41, 5.74) is 2.48. The standard InChI is InChI=1S/C15H12BrF3N2O2/c1-23-12-6-5-9(13(16)14(12)22)8-20-21-11-4-2-3-10(7-11)15(17,18)19/h2-8,21-22H,1H3. The SMILES string of the molecule is COc1ccc(C=NNc2cccc(C(F)(F)F)c2)c(Br)c1O. The number of alkyl halides is 3. The minimum absolute atomic E-state index is 0.0875. The Balaban J connectivity index is 2.15. The van der Waals surface area contributed by atoms with Crippen molar-refractivity contribution in [2.45, 2.75) is 6.18 Å².